The topological polar surface area (TPSA) is 91.3 Å². The second kappa shape index (κ2) is 6.80. The van der Waals surface area contributed by atoms with Crippen molar-refractivity contribution in [2.45, 2.75) is 18.9 Å². The van der Waals surface area contributed by atoms with Crippen LogP contribution in [0.15, 0.2) is 36.7 Å². The summed E-state index contributed by atoms with van der Waals surface area (Å²) in [5.74, 6) is 1.04. The summed E-state index contributed by atoms with van der Waals surface area (Å²) in [6, 6.07) is 6.99. The standard InChI is InChI=1S/C15H20N6O2S/c1-20(2)24(22,23)21-11-4-7-13(21)12-6-3-8-14(18-12)19-15-16-9-5-10-17-15/h3,5-6,8-10,13H,4,7,11H2,1-2H3,(H,16,17,18,19). The maximum absolute atomic E-state index is 12.5. The molecule has 1 saturated heterocycles. The van der Waals surface area contributed by atoms with Gasteiger partial charge in [0.25, 0.3) is 10.2 Å². The Balaban J connectivity index is 1.85. The van der Waals surface area contributed by atoms with Gasteiger partial charge in [-0.1, -0.05) is 6.07 Å². The Morgan fingerprint density at radius 1 is 1.21 bits per heavy atom. The van der Waals surface area contributed by atoms with E-state index < -0.39 is 10.2 Å². The SMILES string of the molecule is CN(C)S(=O)(=O)N1CCCC1c1cccc(Nc2ncccn2)n1. The molecule has 3 rings (SSSR count). The lowest BCUT2D eigenvalue weighted by Crippen LogP contribution is -2.39. The van der Waals surface area contributed by atoms with Gasteiger partial charge in [0.05, 0.1) is 11.7 Å². The van der Waals surface area contributed by atoms with E-state index in [9.17, 15) is 8.42 Å². The van der Waals surface area contributed by atoms with Gasteiger partial charge in [0.2, 0.25) is 5.95 Å². The fourth-order valence-corrected chi connectivity index (χ4v) is 4.02. The van der Waals surface area contributed by atoms with Crippen molar-refractivity contribution in [3.05, 3.63) is 42.4 Å². The minimum absolute atomic E-state index is 0.254. The van der Waals surface area contributed by atoms with E-state index in [2.05, 4.69) is 20.3 Å². The molecule has 0 aromatic carbocycles. The van der Waals surface area contributed by atoms with Gasteiger partial charge in [-0.25, -0.2) is 15.0 Å². The van der Waals surface area contributed by atoms with Crippen molar-refractivity contribution in [1.29, 1.82) is 0 Å². The van der Waals surface area contributed by atoms with Gasteiger partial charge in [-0.15, -0.1) is 0 Å². The van der Waals surface area contributed by atoms with Crippen LogP contribution in [0.1, 0.15) is 24.6 Å². The number of anilines is 2. The van der Waals surface area contributed by atoms with E-state index in [0.717, 1.165) is 18.5 Å². The normalized spacial score (nSPS) is 18.9. The number of nitrogens with one attached hydrogen (secondary N) is 1. The Morgan fingerprint density at radius 2 is 1.96 bits per heavy atom. The van der Waals surface area contributed by atoms with Gasteiger partial charge in [-0.3, -0.25) is 0 Å². The highest BCUT2D eigenvalue weighted by Gasteiger charge is 2.37. The van der Waals surface area contributed by atoms with E-state index in [1.165, 1.54) is 8.61 Å². The maximum Gasteiger partial charge on any atom is 0.282 e. The summed E-state index contributed by atoms with van der Waals surface area (Å²) in [6.45, 7) is 0.506. The molecule has 2 aromatic heterocycles. The van der Waals surface area contributed by atoms with Crippen LogP contribution in [0.2, 0.25) is 0 Å². The third kappa shape index (κ3) is 3.37. The van der Waals surface area contributed by atoms with E-state index in [0.29, 0.717) is 18.3 Å². The highest BCUT2D eigenvalue weighted by atomic mass is 32.2. The number of hydrogen-bond acceptors (Lipinski definition) is 6. The Morgan fingerprint density at radius 3 is 2.67 bits per heavy atom. The molecule has 1 fully saturated rings. The van der Waals surface area contributed by atoms with Gasteiger partial charge in [0.1, 0.15) is 5.82 Å². The van der Waals surface area contributed by atoms with E-state index in [4.69, 9.17) is 0 Å². The lowest BCUT2D eigenvalue weighted by atomic mass is 10.1. The van der Waals surface area contributed by atoms with Crippen LogP contribution in [0.4, 0.5) is 11.8 Å². The number of pyridine rings is 1. The average Bonchev–Trinajstić information content (AvgIpc) is 3.06. The molecule has 0 aliphatic carbocycles. The maximum atomic E-state index is 12.5. The molecule has 8 nitrogen and oxygen atoms in total. The molecule has 0 saturated carbocycles. The fraction of sp³-hybridized carbons (Fsp3) is 0.400. The van der Waals surface area contributed by atoms with Crippen LogP contribution < -0.4 is 5.32 Å². The molecule has 0 amide bonds. The second-order valence-electron chi connectivity index (χ2n) is 5.70. The monoisotopic (exact) mass is 348 g/mol. The summed E-state index contributed by atoms with van der Waals surface area (Å²) in [5, 5.41) is 3.03. The van der Waals surface area contributed by atoms with Gasteiger partial charge in [0.15, 0.2) is 0 Å². The van der Waals surface area contributed by atoms with Crippen molar-refractivity contribution in [2.24, 2.45) is 0 Å². The van der Waals surface area contributed by atoms with Crippen LogP contribution in [0, 0.1) is 0 Å². The van der Waals surface area contributed by atoms with E-state index in [-0.39, 0.29) is 6.04 Å². The molecular formula is C15H20N6O2S. The Labute approximate surface area is 141 Å². The van der Waals surface area contributed by atoms with Crippen LogP contribution in [-0.2, 0) is 10.2 Å². The first kappa shape index (κ1) is 16.7. The Kier molecular flexibility index (Phi) is 4.74. The van der Waals surface area contributed by atoms with Gasteiger partial charge in [0, 0.05) is 33.0 Å². The lowest BCUT2D eigenvalue weighted by molar-refractivity contribution is 0.358. The predicted octanol–water partition coefficient (Wildman–Crippen LogP) is 1.56. The Bertz CT molecular complexity index is 797. The highest BCUT2D eigenvalue weighted by molar-refractivity contribution is 7.86. The van der Waals surface area contributed by atoms with Crippen molar-refractivity contribution in [2.75, 3.05) is 26.0 Å². The zero-order valence-electron chi connectivity index (χ0n) is 13.6. The summed E-state index contributed by atoms with van der Waals surface area (Å²) in [7, 11) is -0.375. The van der Waals surface area contributed by atoms with Crippen LogP contribution in [0.5, 0.6) is 0 Å². The van der Waals surface area contributed by atoms with E-state index >= 15 is 0 Å². The molecule has 2 aromatic rings. The molecule has 1 unspecified atom stereocenters. The third-order valence-electron chi connectivity index (χ3n) is 3.88. The van der Waals surface area contributed by atoms with Crippen LogP contribution in [0.3, 0.4) is 0 Å². The molecule has 0 spiro atoms. The molecule has 3 heterocycles. The molecule has 1 N–H and O–H groups in total. The molecule has 24 heavy (non-hydrogen) atoms. The number of rotatable bonds is 5. The molecule has 1 atom stereocenters. The summed E-state index contributed by atoms with van der Waals surface area (Å²) in [6.07, 6.45) is 4.85. The zero-order chi connectivity index (χ0) is 17.2. The van der Waals surface area contributed by atoms with Crippen LogP contribution in [-0.4, -0.2) is 52.6 Å². The summed E-state index contributed by atoms with van der Waals surface area (Å²) < 4.78 is 27.7. The van der Waals surface area contributed by atoms with E-state index in [1.54, 1.807) is 38.6 Å². The second-order valence-corrected chi connectivity index (χ2v) is 7.80. The molecular weight excluding hydrogens is 328 g/mol. The summed E-state index contributed by atoms with van der Waals surface area (Å²) in [5.41, 5.74) is 0.721. The molecule has 128 valence electrons. The molecule has 1 aliphatic heterocycles. The quantitative estimate of drug-likeness (QED) is 0.882. The highest BCUT2D eigenvalue weighted by Crippen LogP contribution is 2.34. The smallest absolute Gasteiger partial charge is 0.282 e. The number of aromatic nitrogens is 3. The summed E-state index contributed by atoms with van der Waals surface area (Å²) >= 11 is 0. The Hall–Kier alpha value is -2.10. The first-order chi connectivity index (χ1) is 11.5. The average molecular weight is 348 g/mol. The van der Waals surface area contributed by atoms with Crippen molar-refractivity contribution >= 4 is 22.0 Å². The van der Waals surface area contributed by atoms with Gasteiger partial charge in [-0.05, 0) is 31.0 Å². The fourth-order valence-electron chi connectivity index (χ4n) is 2.71. The lowest BCUT2D eigenvalue weighted by Gasteiger charge is -2.26. The predicted molar refractivity (Wildman–Crippen MR) is 90.8 cm³/mol. The molecule has 1 aliphatic rings. The zero-order valence-corrected chi connectivity index (χ0v) is 14.4. The van der Waals surface area contributed by atoms with Crippen LogP contribution in [0.25, 0.3) is 0 Å². The molecule has 0 radical (unpaired) electrons. The third-order valence-corrected chi connectivity index (χ3v) is 5.83. The van der Waals surface area contributed by atoms with Crippen molar-refractivity contribution in [1.82, 2.24) is 23.6 Å². The first-order valence-corrected chi connectivity index (χ1v) is 9.08. The van der Waals surface area contributed by atoms with Gasteiger partial charge >= 0.3 is 0 Å². The molecule has 0 bridgehead atoms. The van der Waals surface area contributed by atoms with Gasteiger partial charge in [-0.2, -0.15) is 17.0 Å². The van der Waals surface area contributed by atoms with Gasteiger partial charge < -0.3 is 5.32 Å². The largest absolute Gasteiger partial charge is 0.309 e. The number of hydrogen-bond donors (Lipinski definition) is 1. The van der Waals surface area contributed by atoms with Crippen molar-refractivity contribution < 1.29 is 8.42 Å². The molecule has 9 heteroatoms. The first-order valence-electron chi connectivity index (χ1n) is 7.69. The minimum Gasteiger partial charge on any atom is -0.309 e. The van der Waals surface area contributed by atoms with Crippen molar-refractivity contribution in [3.63, 3.8) is 0 Å². The van der Waals surface area contributed by atoms with E-state index in [1.807, 2.05) is 12.1 Å². The van der Waals surface area contributed by atoms with Crippen LogP contribution >= 0.6 is 0 Å². The summed E-state index contributed by atoms with van der Waals surface area (Å²) in [4.78, 5) is 12.8. The minimum atomic E-state index is -3.46. The van der Waals surface area contributed by atoms with Crippen molar-refractivity contribution in [3.8, 4) is 0 Å². The number of nitrogens with zero attached hydrogens (tertiary/aromatic N) is 5.